The lowest BCUT2D eigenvalue weighted by Crippen LogP contribution is -2.20. The zero-order valence-electron chi connectivity index (χ0n) is 26.5. The summed E-state index contributed by atoms with van der Waals surface area (Å²) in [6.45, 7) is 11.4. The smallest absolute Gasteiger partial charge is 0.335 e. The zero-order valence-corrected chi connectivity index (χ0v) is 26.5. The van der Waals surface area contributed by atoms with Crippen LogP contribution in [0.4, 0.5) is 0 Å². The number of hydrogen-bond acceptors (Lipinski definition) is 5. The molecule has 0 aromatic heterocycles. The number of ether oxygens (including phenoxy) is 2. The Hall–Kier alpha value is -2.40. The van der Waals surface area contributed by atoms with Gasteiger partial charge in [-0.3, -0.25) is 0 Å². The van der Waals surface area contributed by atoms with Gasteiger partial charge in [0.2, 0.25) is 0 Å². The van der Waals surface area contributed by atoms with E-state index in [-0.39, 0.29) is 18.1 Å². The molecular formula is C37H56O5. The van der Waals surface area contributed by atoms with Crippen molar-refractivity contribution >= 4 is 11.9 Å². The lowest BCUT2D eigenvalue weighted by molar-refractivity contribution is -0.139. The maximum atomic E-state index is 11.9. The molecule has 3 rings (SSSR count). The lowest BCUT2D eigenvalue weighted by Gasteiger charge is -2.31. The molecule has 5 nitrogen and oxygen atoms in total. The van der Waals surface area contributed by atoms with Crippen LogP contribution < -0.4 is 0 Å². The first-order valence-corrected chi connectivity index (χ1v) is 16.7. The third kappa shape index (κ3) is 11.7. The van der Waals surface area contributed by atoms with Crippen LogP contribution in [0, 0.1) is 23.7 Å². The molecule has 1 aromatic carbocycles. The number of benzene rings is 1. The fourth-order valence-electron chi connectivity index (χ4n) is 6.99. The fourth-order valence-corrected chi connectivity index (χ4v) is 6.99. The normalized spacial score (nSPS) is 20.8. The first kappa shape index (κ1) is 34.1. The number of fused-ring (bicyclic) bond motifs is 1. The number of carbonyl (C=O) groups excluding carboxylic acids is 2. The Balaban J connectivity index is 1.36. The summed E-state index contributed by atoms with van der Waals surface area (Å²) in [6.07, 6.45) is 19.3. The fraction of sp³-hybridized carbons (Fsp3) is 0.676. The van der Waals surface area contributed by atoms with E-state index in [9.17, 15) is 9.59 Å². The molecule has 0 aliphatic heterocycles. The predicted molar refractivity (Wildman–Crippen MR) is 170 cm³/mol. The molecule has 0 radical (unpaired) electrons. The molecule has 2 aliphatic rings. The third-order valence-corrected chi connectivity index (χ3v) is 9.61. The first-order valence-electron chi connectivity index (χ1n) is 16.7. The summed E-state index contributed by atoms with van der Waals surface area (Å²) in [5.41, 5.74) is 5.22. The summed E-state index contributed by atoms with van der Waals surface area (Å²) < 4.78 is 10.7. The van der Waals surface area contributed by atoms with E-state index in [1.165, 1.54) is 89.0 Å². The zero-order chi connectivity index (χ0) is 30.3. The van der Waals surface area contributed by atoms with E-state index in [0.29, 0.717) is 24.0 Å². The van der Waals surface area contributed by atoms with Gasteiger partial charge in [-0.2, -0.15) is 0 Å². The highest BCUT2D eigenvalue weighted by atomic mass is 16.5. The molecule has 0 amide bonds. The predicted octanol–water partition coefficient (Wildman–Crippen LogP) is 8.11. The van der Waals surface area contributed by atoms with Crippen LogP contribution in [0.2, 0.25) is 0 Å². The number of hydrogen-bond donors (Lipinski definition) is 1. The average Bonchev–Trinajstić information content (AvgIpc) is 2.99. The number of esters is 2. The monoisotopic (exact) mass is 580 g/mol. The van der Waals surface area contributed by atoms with Gasteiger partial charge in [0, 0.05) is 5.57 Å². The van der Waals surface area contributed by atoms with Crippen molar-refractivity contribution in [3.63, 3.8) is 0 Å². The van der Waals surface area contributed by atoms with Gasteiger partial charge in [0.05, 0.1) is 25.4 Å². The third-order valence-electron chi connectivity index (χ3n) is 9.61. The molecule has 1 saturated carbocycles. The van der Waals surface area contributed by atoms with E-state index in [2.05, 4.69) is 38.3 Å². The topological polar surface area (TPSA) is 72.8 Å². The number of aliphatic hydroxyl groups excluding tert-OH is 1. The van der Waals surface area contributed by atoms with Crippen LogP contribution in [0.5, 0.6) is 0 Å². The Bertz CT molecular complexity index is 1020. The number of rotatable bonds is 18. The molecule has 1 N–H and O–H groups in total. The minimum atomic E-state index is -0.544. The van der Waals surface area contributed by atoms with Gasteiger partial charge >= 0.3 is 11.9 Å². The molecular weight excluding hydrogens is 524 g/mol. The van der Waals surface area contributed by atoms with Crippen LogP contribution in [0.25, 0.3) is 0 Å². The van der Waals surface area contributed by atoms with Gasteiger partial charge in [0.1, 0.15) is 0 Å². The van der Waals surface area contributed by atoms with Gasteiger partial charge in [-0.1, -0.05) is 89.6 Å². The Kier molecular flexibility index (Phi) is 14.9. The number of unbranched alkanes of at least 4 members (excludes halogenated alkanes) is 1. The van der Waals surface area contributed by atoms with Crippen LogP contribution in [0.3, 0.4) is 0 Å². The summed E-state index contributed by atoms with van der Waals surface area (Å²) in [6, 6.07) is 7.31. The number of aryl methyl sites for hydroxylation is 2. The van der Waals surface area contributed by atoms with Crippen LogP contribution in [0.15, 0.2) is 42.5 Å². The highest BCUT2D eigenvalue weighted by Crippen LogP contribution is 2.36. The second-order valence-corrected chi connectivity index (χ2v) is 13.1. The molecule has 5 heteroatoms. The van der Waals surface area contributed by atoms with Crippen molar-refractivity contribution in [2.45, 2.75) is 117 Å². The Morgan fingerprint density at radius 3 is 2.26 bits per heavy atom. The summed E-state index contributed by atoms with van der Waals surface area (Å²) in [4.78, 5) is 23.7. The Morgan fingerprint density at radius 2 is 1.60 bits per heavy atom. The van der Waals surface area contributed by atoms with Gasteiger partial charge in [0.25, 0.3) is 0 Å². The van der Waals surface area contributed by atoms with E-state index in [4.69, 9.17) is 14.6 Å². The summed E-state index contributed by atoms with van der Waals surface area (Å²) in [5, 5.41) is 9.09. The molecule has 1 aromatic rings. The SMILES string of the molecule is C=C(C)C(=O)OCCC(CCOC(=O)C(=C)CO)CC1CCC(CCCCc2ccc3c(c2)CCC(CCC)C3)CC1. The van der Waals surface area contributed by atoms with Gasteiger partial charge < -0.3 is 14.6 Å². The van der Waals surface area contributed by atoms with Crippen molar-refractivity contribution in [2.24, 2.45) is 23.7 Å². The summed E-state index contributed by atoms with van der Waals surface area (Å²) in [7, 11) is 0. The first-order chi connectivity index (χ1) is 20.3. The highest BCUT2D eigenvalue weighted by molar-refractivity contribution is 5.88. The van der Waals surface area contributed by atoms with Gasteiger partial charge in [0.15, 0.2) is 0 Å². The standard InChI is InChI=1S/C37H56O5/c1-5-8-30-15-17-35-25-31(16-18-34(35)24-30)10-7-6-9-29-11-13-32(14-12-29)23-33(19-21-41-36(39)27(2)3)20-22-42-37(40)28(4)26-38/h16,18,25,29-30,32-33,38H,2,4-15,17,19-24,26H2,1,3H3. The summed E-state index contributed by atoms with van der Waals surface area (Å²) in [5.74, 6) is 1.81. The molecule has 1 fully saturated rings. The molecule has 234 valence electrons. The van der Waals surface area contributed by atoms with Crippen molar-refractivity contribution in [3.05, 3.63) is 59.2 Å². The number of carbonyl (C=O) groups is 2. The summed E-state index contributed by atoms with van der Waals surface area (Å²) >= 11 is 0. The van der Waals surface area contributed by atoms with Crippen molar-refractivity contribution in [1.82, 2.24) is 0 Å². The van der Waals surface area contributed by atoms with Gasteiger partial charge in [-0.15, -0.1) is 0 Å². The molecule has 2 atom stereocenters. The van der Waals surface area contributed by atoms with E-state index >= 15 is 0 Å². The molecule has 0 spiro atoms. The molecule has 42 heavy (non-hydrogen) atoms. The molecule has 2 aliphatic carbocycles. The van der Waals surface area contributed by atoms with Crippen LogP contribution in [-0.4, -0.2) is 36.9 Å². The van der Waals surface area contributed by atoms with E-state index in [0.717, 1.165) is 31.1 Å². The quantitative estimate of drug-likeness (QED) is 0.108. The Morgan fingerprint density at radius 1 is 0.905 bits per heavy atom. The lowest BCUT2D eigenvalue weighted by atomic mass is 9.75. The van der Waals surface area contributed by atoms with Crippen molar-refractivity contribution in [2.75, 3.05) is 19.8 Å². The molecule has 0 bridgehead atoms. The molecule has 0 heterocycles. The van der Waals surface area contributed by atoms with Crippen LogP contribution in [-0.2, 0) is 38.3 Å². The minimum Gasteiger partial charge on any atom is -0.462 e. The van der Waals surface area contributed by atoms with E-state index in [1.807, 2.05) is 0 Å². The van der Waals surface area contributed by atoms with Gasteiger partial charge in [-0.25, -0.2) is 9.59 Å². The highest BCUT2D eigenvalue weighted by Gasteiger charge is 2.24. The van der Waals surface area contributed by atoms with Crippen LogP contribution >= 0.6 is 0 Å². The van der Waals surface area contributed by atoms with Gasteiger partial charge in [-0.05, 0) is 98.7 Å². The second-order valence-electron chi connectivity index (χ2n) is 13.1. The largest absolute Gasteiger partial charge is 0.462 e. The van der Waals surface area contributed by atoms with E-state index < -0.39 is 12.6 Å². The minimum absolute atomic E-state index is 0.0726. The van der Waals surface area contributed by atoms with Crippen molar-refractivity contribution in [3.8, 4) is 0 Å². The van der Waals surface area contributed by atoms with E-state index in [1.54, 1.807) is 18.1 Å². The maximum absolute atomic E-state index is 11.9. The van der Waals surface area contributed by atoms with Crippen molar-refractivity contribution in [1.29, 1.82) is 0 Å². The Labute approximate surface area is 255 Å². The molecule has 2 unspecified atom stereocenters. The van der Waals surface area contributed by atoms with Crippen LogP contribution in [0.1, 0.15) is 114 Å². The number of aliphatic hydroxyl groups is 1. The maximum Gasteiger partial charge on any atom is 0.335 e. The molecule has 0 saturated heterocycles. The average molecular weight is 581 g/mol. The van der Waals surface area contributed by atoms with Crippen molar-refractivity contribution < 1.29 is 24.2 Å². The second kappa shape index (κ2) is 18.3.